The number of halogens is 2. The second-order valence-corrected chi connectivity index (χ2v) is 6.90. The molecule has 0 saturated heterocycles. The summed E-state index contributed by atoms with van der Waals surface area (Å²) in [5, 5.41) is 4.54. The van der Waals surface area contributed by atoms with Crippen molar-refractivity contribution in [3.05, 3.63) is 94.9 Å². The fourth-order valence-corrected chi connectivity index (χ4v) is 3.06. The third kappa shape index (κ3) is 4.47. The van der Waals surface area contributed by atoms with E-state index in [0.717, 1.165) is 22.8 Å². The van der Waals surface area contributed by atoms with Crippen molar-refractivity contribution >= 4 is 28.9 Å². The Morgan fingerprint density at radius 3 is 2.57 bits per heavy atom. The molecule has 140 valence electrons. The van der Waals surface area contributed by atoms with Crippen LogP contribution in [0.2, 0.25) is 10.0 Å². The summed E-state index contributed by atoms with van der Waals surface area (Å²) in [6, 6.07) is 20.5. The molecule has 0 bridgehead atoms. The molecule has 0 spiro atoms. The van der Waals surface area contributed by atoms with Crippen LogP contribution in [0.15, 0.2) is 83.5 Å². The molecule has 0 aliphatic carbocycles. The Bertz CT molecular complexity index is 1060. The minimum Gasteiger partial charge on any atom is -0.459 e. The molecule has 4 aromatic rings. The zero-order valence-electron chi connectivity index (χ0n) is 14.7. The third-order valence-corrected chi connectivity index (χ3v) is 4.61. The number of hydrogen-bond donors (Lipinski definition) is 1. The standard InChI is InChI=1S/C22H16Cl2N2O2/c23-15-3-9-21(24)20(12-15)22-10-8-19(28-22)14-26-16-4-6-17(7-5-16)27-18-2-1-11-25-13-18/h1-13,26H,14H2. The smallest absolute Gasteiger partial charge is 0.145 e. The summed E-state index contributed by atoms with van der Waals surface area (Å²) in [7, 11) is 0. The molecule has 0 unspecified atom stereocenters. The van der Waals surface area contributed by atoms with E-state index in [1.165, 1.54) is 0 Å². The molecule has 4 rings (SSSR count). The normalized spacial score (nSPS) is 10.6. The van der Waals surface area contributed by atoms with Crippen LogP contribution in [0.5, 0.6) is 11.5 Å². The molecule has 4 nitrogen and oxygen atoms in total. The lowest BCUT2D eigenvalue weighted by atomic mass is 10.2. The Labute approximate surface area is 172 Å². The van der Waals surface area contributed by atoms with Gasteiger partial charge in [-0.3, -0.25) is 4.98 Å². The van der Waals surface area contributed by atoms with Gasteiger partial charge in [-0.05, 0) is 66.7 Å². The molecule has 0 aliphatic heterocycles. The molecule has 0 amide bonds. The fourth-order valence-electron chi connectivity index (χ4n) is 2.68. The van der Waals surface area contributed by atoms with E-state index in [2.05, 4.69) is 10.3 Å². The van der Waals surface area contributed by atoms with Crippen molar-refractivity contribution in [3.8, 4) is 22.8 Å². The van der Waals surface area contributed by atoms with Crippen LogP contribution >= 0.6 is 23.2 Å². The van der Waals surface area contributed by atoms with E-state index in [9.17, 15) is 0 Å². The largest absolute Gasteiger partial charge is 0.459 e. The first-order valence-electron chi connectivity index (χ1n) is 8.63. The van der Waals surface area contributed by atoms with E-state index in [-0.39, 0.29) is 0 Å². The highest BCUT2D eigenvalue weighted by Crippen LogP contribution is 2.32. The van der Waals surface area contributed by atoms with Crippen molar-refractivity contribution in [2.24, 2.45) is 0 Å². The van der Waals surface area contributed by atoms with E-state index < -0.39 is 0 Å². The summed E-state index contributed by atoms with van der Waals surface area (Å²) in [6.07, 6.45) is 3.38. The summed E-state index contributed by atoms with van der Waals surface area (Å²) < 4.78 is 11.6. The summed E-state index contributed by atoms with van der Waals surface area (Å²) >= 11 is 12.3. The molecule has 1 N–H and O–H groups in total. The number of ether oxygens (including phenoxy) is 1. The predicted molar refractivity (Wildman–Crippen MR) is 112 cm³/mol. The molecular weight excluding hydrogens is 395 g/mol. The zero-order chi connectivity index (χ0) is 19.3. The van der Waals surface area contributed by atoms with Crippen LogP contribution in [-0.2, 0) is 6.54 Å². The molecule has 2 aromatic carbocycles. The summed E-state index contributed by atoms with van der Waals surface area (Å²) in [4.78, 5) is 4.03. The highest BCUT2D eigenvalue weighted by atomic mass is 35.5. The minimum absolute atomic E-state index is 0.543. The van der Waals surface area contributed by atoms with Crippen LogP contribution in [0.4, 0.5) is 5.69 Å². The Balaban J connectivity index is 1.38. The molecule has 28 heavy (non-hydrogen) atoms. The lowest BCUT2D eigenvalue weighted by Gasteiger charge is -2.08. The number of hydrogen-bond acceptors (Lipinski definition) is 4. The van der Waals surface area contributed by atoms with Gasteiger partial charge in [-0.2, -0.15) is 0 Å². The maximum absolute atomic E-state index is 6.24. The van der Waals surface area contributed by atoms with E-state index in [1.54, 1.807) is 30.6 Å². The second-order valence-electron chi connectivity index (χ2n) is 6.06. The first-order valence-corrected chi connectivity index (χ1v) is 9.39. The van der Waals surface area contributed by atoms with Gasteiger partial charge in [-0.15, -0.1) is 0 Å². The minimum atomic E-state index is 0.543. The predicted octanol–water partition coefficient (Wildman–Crippen LogP) is 7.05. The SMILES string of the molecule is Clc1ccc(Cl)c(-c2ccc(CNc3ccc(Oc4cccnc4)cc3)o2)c1. The molecule has 2 aromatic heterocycles. The monoisotopic (exact) mass is 410 g/mol. The van der Waals surface area contributed by atoms with Gasteiger partial charge in [-0.25, -0.2) is 0 Å². The van der Waals surface area contributed by atoms with Gasteiger partial charge in [0.05, 0.1) is 17.8 Å². The van der Waals surface area contributed by atoms with Crippen LogP contribution in [-0.4, -0.2) is 4.98 Å². The molecule has 6 heteroatoms. The van der Waals surface area contributed by atoms with Crippen molar-refractivity contribution in [1.29, 1.82) is 0 Å². The van der Waals surface area contributed by atoms with Gasteiger partial charge in [0.25, 0.3) is 0 Å². The van der Waals surface area contributed by atoms with Gasteiger partial charge in [0, 0.05) is 22.5 Å². The van der Waals surface area contributed by atoms with Crippen molar-refractivity contribution in [2.45, 2.75) is 6.54 Å². The quantitative estimate of drug-likeness (QED) is 0.369. The van der Waals surface area contributed by atoms with Crippen LogP contribution < -0.4 is 10.1 Å². The van der Waals surface area contributed by atoms with Gasteiger partial charge in [-0.1, -0.05) is 23.2 Å². The molecule has 0 saturated carbocycles. The van der Waals surface area contributed by atoms with E-state index >= 15 is 0 Å². The zero-order valence-corrected chi connectivity index (χ0v) is 16.2. The van der Waals surface area contributed by atoms with Crippen molar-refractivity contribution in [1.82, 2.24) is 4.98 Å². The van der Waals surface area contributed by atoms with Crippen LogP contribution in [0.25, 0.3) is 11.3 Å². The molecule has 2 heterocycles. The Morgan fingerprint density at radius 2 is 1.79 bits per heavy atom. The molecule has 0 fully saturated rings. The number of benzene rings is 2. The van der Waals surface area contributed by atoms with E-state index in [1.807, 2.05) is 48.5 Å². The van der Waals surface area contributed by atoms with Crippen LogP contribution in [0.3, 0.4) is 0 Å². The van der Waals surface area contributed by atoms with E-state index in [4.69, 9.17) is 32.4 Å². The average Bonchev–Trinajstić information content (AvgIpc) is 3.19. The highest BCUT2D eigenvalue weighted by Gasteiger charge is 2.09. The lowest BCUT2D eigenvalue weighted by molar-refractivity contribution is 0.480. The van der Waals surface area contributed by atoms with Crippen molar-refractivity contribution < 1.29 is 9.15 Å². The molecule has 0 aliphatic rings. The highest BCUT2D eigenvalue weighted by molar-refractivity contribution is 6.35. The lowest BCUT2D eigenvalue weighted by Crippen LogP contribution is -1.97. The number of furan rings is 1. The third-order valence-electron chi connectivity index (χ3n) is 4.05. The number of rotatable bonds is 6. The number of aromatic nitrogens is 1. The van der Waals surface area contributed by atoms with Gasteiger partial charge in [0.2, 0.25) is 0 Å². The second kappa shape index (κ2) is 8.38. The topological polar surface area (TPSA) is 47.3 Å². The van der Waals surface area contributed by atoms with Crippen LogP contribution in [0.1, 0.15) is 5.76 Å². The van der Waals surface area contributed by atoms with Gasteiger partial charge >= 0.3 is 0 Å². The Morgan fingerprint density at radius 1 is 0.929 bits per heavy atom. The summed E-state index contributed by atoms with van der Waals surface area (Å²) in [6.45, 7) is 0.543. The maximum Gasteiger partial charge on any atom is 0.145 e. The maximum atomic E-state index is 6.24. The number of nitrogens with one attached hydrogen (secondary N) is 1. The number of nitrogens with zero attached hydrogens (tertiary/aromatic N) is 1. The van der Waals surface area contributed by atoms with Crippen LogP contribution in [0, 0.1) is 0 Å². The average molecular weight is 411 g/mol. The number of anilines is 1. The summed E-state index contributed by atoms with van der Waals surface area (Å²) in [5.74, 6) is 2.92. The molecule has 0 atom stereocenters. The molecule has 0 radical (unpaired) electrons. The van der Waals surface area contributed by atoms with E-state index in [0.29, 0.717) is 28.1 Å². The van der Waals surface area contributed by atoms with Gasteiger partial charge < -0.3 is 14.5 Å². The Kier molecular flexibility index (Phi) is 5.51. The number of pyridine rings is 1. The van der Waals surface area contributed by atoms with Crippen molar-refractivity contribution in [2.75, 3.05) is 5.32 Å². The van der Waals surface area contributed by atoms with Crippen molar-refractivity contribution in [3.63, 3.8) is 0 Å². The Hall–Kier alpha value is -2.95. The van der Waals surface area contributed by atoms with Gasteiger partial charge in [0.1, 0.15) is 23.0 Å². The first kappa shape index (κ1) is 18.4. The first-order chi connectivity index (χ1) is 13.7. The fraction of sp³-hybridized carbons (Fsp3) is 0.0455. The molecular formula is C22H16Cl2N2O2. The van der Waals surface area contributed by atoms with Gasteiger partial charge in [0.15, 0.2) is 0 Å². The summed E-state index contributed by atoms with van der Waals surface area (Å²) in [5.41, 5.74) is 1.73.